The first kappa shape index (κ1) is 22.5. The molecule has 2 amide bonds. The van der Waals surface area contributed by atoms with Gasteiger partial charge in [0, 0.05) is 26.9 Å². The van der Waals surface area contributed by atoms with E-state index < -0.39 is 6.04 Å². The predicted octanol–water partition coefficient (Wildman–Crippen LogP) is 2.52. The van der Waals surface area contributed by atoms with E-state index in [0.29, 0.717) is 19.4 Å². The lowest BCUT2D eigenvalue weighted by atomic mass is 9.71. The summed E-state index contributed by atoms with van der Waals surface area (Å²) in [7, 11) is 3.43. The van der Waals surface area contributed by atoms with Crippen molar-refractivity contribution in [3.8, 4) is 0 Å². The molecule has 1 aromatic carbocycles. The first-order valence-electron chi connectivity index (χ1n) is 9.20. The van der Waals surface area contributed by atoms with Crippen molar-refractivity contribution < 1.29 is 9.59 Å². The summed E-state index contributed by atoms with van der Waals surface area (Å²) in [6, 6.07) is 9.25. The van der Waals surface area contributed by atoms with Gasteiger partial charge in [-0.1, -0.05) is 49.6 Å². The Hall–Kier alpha value is -1.59. The van der Waals surface area contributed by atoms with Gasteiger partial charge in [-0.25, -0.2) is 0 Å². The summed E-state index contributed by atoms with van der Waals surface area (Å²) in [5.74, 6) is -0.147. The summed E-state index contributed by atoms with van der Waals surface area (Å²) in [4.78, 5) is 26.7. The lowest BCUT2D eigenvalue weighted by Gasteiger charge is -2.36. The van der Waals surface area contributed by atoms with Gasteiger partial charge in [0.2, 0.25) is 11.8 Å². The van der Waals surface area contributed by atoms with Crippen molar-refractivity contribution in [2.75, 3.05) is 20.6 Å². The molecule has 1 fully saturated rings. The van der Waals surface area contributed by atoms with Crippen molar-refractivity contribution in [2.24, 2.45) is 11.1 Å². The van der Waals surface area contributed by atoms with E-state index in [1.807, 2.05) is 30.3 Å². The maximum atomic E-state index is 12.7. The van der Waals surface area contributed by atoms with Crippen LogP contribution in [0.15, 0.2) is 30.3 Å². The summed E-state index contributed by atoms with van der Waals surface area (Å²) < 4.78 is 0. The molecular weight excluding hydrogens is 350 g/mol. The Morgan fingerprint density at radius 3 is 2.31 bits per heavy atom. The smallest absolute Gasteiger partial charge is 0.244 e. The Labute approximate surface area is 163 Å². The topological polar surface area (TPSA) is 75.4 Å². The fourth-order valence-corrected chi connectivity index (χ4v) is 3.70. The number of nitrogens with two attached hydrogens (primary N) is 1. The van der Waals surface area contributed by atoms with Gasteiger partial charge in [-0.15, -0.1) is 12.4 Å². The van der Waals surface area contributed by atoms with Gasteiger partial charge in [0.05, 0.1) is 0 Å². The van der Waals surface area contributed by atoms with Crippen LogP contribution < -0.4 is 11.1 Å². The van der Waals surface area contributed by atoms with Crippen molar-refractivity contribution in [3.63, 3.8) is 0 Å². The molecule has 0 heterocycles. The molecule has 1 saturated carbocycles. The van der Waals surface area contributed by atoms with Crippen molar-refractivity contribution in [1.29, 1.82) is 0 Å². The maximum Gasteiger partial charge on any atom is 0.244 e. The molecule has 6 heteroatoms. The van der Waals surface area contributed by atoms with Crippen LogP contribution in [-0.4, -0.2) is 43.4 Å². The number of carbonyl (C=O) groups excluding carboxylic acids is 2. The average molecular weight is 382 g/mol. The van der Waals surface area contributed by atoms with E-state index >= 15 is 0 Å². The predicted molar refractivity (Wildman–Crippen MR) is 107 cm³/mol. The van der Waals surface area contributed by atoms with Gasteiger partial charge in [0.15, 0.2) is 0 Å². The van der Waals surface area contributed by atoms with E-state index in [-0.39, 0.29) is 29.6 Å². The highest BCUT2D eigenvalue weighted by Gasteiger charge is 2.34. The zero-order valence-electron chi connectivity index (χ0n) is 15.9. The Kier molecular flexibility index (Phi) is 9.09. The molecule has 26 heavy (non-hydrogen) atoms. The number of nitrogens with zero attached hydrogens (tertiary/aromatic N) is 1. The van der Waals surface area contributed by atoms with Gasteiger partial charge in [0.25, 0.3) is 0 Å². The zero-order valence-corrected chi connectivity index (χ0v) is 16.7. The third-order valence-electron chi connectivity index (χ3n) is 5.24. The van der Waals surface area contributed by atoms with Crippen LogP contribution in [0.5, 0.6) is 0 Å². The molecule has 1 unspecified atom stereocenters. The molecule has 0 bridgehead atoms. The number of likely N-dealkylation sites (N-methyl/N-ethyl adjacent to an activating group) is 1. The number of rotatable bonds is 7. The van der Waals surface area contributed by atoms with Gasteiger partial charge in [-0.2, -0.15) is 0 Å². The Bertz CT molecular complexity index is 572. The highest BCUT2D eigenvalue weighted by molar-refractivity contribution is 5.88. The number of carbonyl (C=O) groups is 2. The minimum Gasteiger partial charge on any atom is -0.347 e. The molecule has 1 atom stereocenters. The van der Waals surface area contributed by atoms with Crippen LogP contribution in [0.25, 0.3) is 0 Å². The zero-order chi connectivity index (χ0) is 18.3. The molecule has 1 aromatic rings. The SMILES string of the molecule is CN(C)C(=O)C(Cc1ccccc1)NC(=O)CC1(CN)CCCCC1.Cl. The first-order valence-corrected chi connectivity index (χ1v) is 9.20. The Balaban J connectivity index is 0.00000338. The van der Waals surface area contributed by atoms with Crippen LogP contribution in [0, 0.1) is 5.41 Å². The van der Waals surface area contributed by atoms with E-state index in [1.54, 1.807) is 14.1 Å². The molecule has 0 radical (unpaired) electrons. The van der Waals surface area contributed by atoms with Gasteiger partial charge >= 0.3 is 0 Å². The summed E-state index contributed by atoms with van der Waals surface area (Å²) in [5, 5.41) is 2.97. The Morgan fingerprint density at radius 2 is 1.77 bits per heavy atom. The van der Waals surface area contributed by atoms with E-state index in [4.69, 9.17) is 5.73 Å². The minimum atomic E-state index is -0.539. The van der Waals surface area contributed by atoms with Crippen LogP contribution in [0.3, 0.4) is 0 Å². The summed E-state index contributed by atoms with van der Waals surface area (Å²) in [5.41, 5.74) is 6.93. The molecule has 0 aliphatic heterocycles. The first-order chi connectivity index (χ1) is 12.0. The van der Waals surface area contributed by atoms with Crippen molar-refractivity contribution in [3.05, 3.63) is 35.9 Å². The molecule has 1 aliphatic carbocycles. The maximum absolute atomic E-state index is 12.7. The Morgan fingerprint density at radius 1 is 1.15 bits per heavy atom. The molecule has 0 aromatic heterocycles. The molecule has 146 valence electrons. The second-order valence-corrected chi connectivity index (χ2v) is 7.48. The highest BCUT2D eigenvalue weighted by Crippen LogP contribution is 2.38. The minimum absolute atomic E-state index is 0. The van der Waals surface area contributed by atoms with Crippen molar-refractivity contribution in [2.45, 2.75) is 51.0 Å². The number of amides is 2. The largest absolute Gasteiger partial charge is 0.347 e. The quantitative estimate of drug-likeness (QED) is 0.762. The number of hydrogen-bond donors (Lipinski definition) is 2. The second-order valence-electron chi connectivity index (χ2n) is 7.48. The molecule has 3 N–H and O–H groups in total. The summed E-state index contributed by atoms with van der Waals surface area (Å²) in [6.07, 6.45) is 6.40. The molecule has 5 nitrogen and oxygen atoms in total. The van der Waals surface area contributed by atoms with E-state index in [1.165, 1.54) is 11.3 Å². The fourth-order valence-electron chi connectivity index (χ4n) is 3.70. The number of halogens is 1. The summed E-state index contributed by atoms with van der Waals surface area (Å²) in [6.45, 7) is 0.533. The monoisotopic (exact) mass is 381 g/mol. The van der Waals surface area contributed by atoms with Crippen molar-refractivity contribution >= 4 is 24.2 Å². The summed E-state index contributed by atoms with van der Waals surface area (Å²) >= 11 is 0. The van der Waals surface area contributed by atoms with E-state index in [2.05, 4.69) is 5.32 Å². The van der Waals surface area contributed by atoms with E-state index in [0.717, 1.165) is 31.2 Å². The molecule has 1 aliphatic rings. The third kappa shape index (κ3) is 6.29. The van der Waals surface area contributed by atoms with Gasteiger partial charge in [0.1, 0.15) is 6.04 Å². The average Bonchev–Trinajstić information content (AvgIpc) is 2.62. The van der Waals surface area contributed by atoms with Gasteiger partial charge in [-0.3, -0.25) is 9.59 Å². The fraction of sp³-hybridized carbons (Fsp3) is 0.600. The van der Waals surface area contributed by atoms with Crippen LogP contribution in [0.4, 0.5) is 0 Å². The standard InChI is InChI=1S/C20H31N3O2.ClH/c1-23(2)19(25)17(13-16-9-5-3-6-10-16)22-18(24)14-20(15-21)11-7-4-8-12-20;/h3,5-6,9-10,17H,4,7-8,11-15,21H2,1-2H3,(H,22,24);1H. The van der Waals surface area contributed by atoms with Crippen LogP contribution in [0.2, 0.25) is 0 Å². The van der Waals surface area contributed by atoms with E-state index in [9.17, 15) is 9.59 Å². The second kappa shape index (κ2) is 10.5. The highest BCUT2D eigenvalue weighted by atomic mass is 35.5. The van der Waals surface area contributed by atoms with Crippen LogP contribution in [-0.2, 0) is 16.0 Å². The normalized spacial score (nSPS) is 16.9. The van der Waals surface area contributed by atoms with Crippen LogP contribution >= 0.6 is 12.4 Å². The lowest BCUT2D eigenvalue weighted by molar-refractivity contribution is -0.135. The van der Waals surface area contributed by atoms with Gasteiger partial charge < -0.3 is 16.0 Å². The van der Waals surface area contributed by atoms with Crippen LogP contribution in [0.1, 0.15) is 44.1 Å². The number of benzene rings is 1. The lowest BCUT2D eigenvalue weighted by Crippen LogP contribution is -2.49. The number of nitrogens with one attached hydrogen (secondary N) is 1. The molecule has 2 rings (SSSR count). The molecule has 0 spiro atoms. The third-order valence-corrected chi connectivity index (χ3v) is 5.24. The van der Waals surface area contributed by atoms with Crippen molar-refractivity contribution in [1.82, 2.24) is 10.2 Å². The molecular formula is C20H32ClN3O2. The number of hydrogen-bond acceptors (Lipinski definition) is 3. The van der Waals surface area contributed by atoms with Gasteiger partial charge in [-0.05, 0) is 30.4 Å². The molecule has 0 saturated heterocycles.